The second-order valence-electron chi connectivity index (χ2n) is 7.33. The molecule has 2 aromatic rings. The molecule has 4 heterocycles. The maximum absolute atomic E-state index is 12.6. The molecule has 2 aliphatic rings. The Morgan fingerprint density at radius 3 is 3.00 bits per heavy atom. The summed E-state index contributed by atoms with van der Waals surface area (Å²) in [6.45, 7) is 6.86. The van der Waals surface area contributed by atoms with Crippen LogP contribution in [0, 0.1) is 11.3 Å². The third-order valence-electron chi connectivity index (χ3n) is 5.18. The summed E-state index contributed by atoms with van der Waals surface area (Å²) in [7, 11) is 0. The summed E-state index contributed by atoms with van der Waals surface area (Å²) in [4.78, 5) is 16.8. The van der Waals surface area contributed by atoms with Gasteiger partial charge in [0.2, 0.25) is 5.82 Å². The van der Waals surface area contributed by atoms with E-state index in [2.05, 4.69) is 24.1 Å². The molecule has 1 N–H and O–H groups in total. The Kier molecular flexibility index (Phi) is 4.02. The monoisotopic (exact) mass is 345 g/mol. The molecule has 7 nitrogen and oxygen atoms in total. The van der Waals surface area contributed by atoms with Crippen LogP contribution in [-0.2, 0) is 14.2 Å². The van der Waals surface area contributed by atoms with Crippen molar-refractivity contribution in [1.82, 2.24) is 14.7 Å². The van der Waals surface area contributed by atoms with Crippen molar-refractivity contribution >= 4 is 11.4 Å². The fraction of sp³-hybridized carbons (Fsp3) is 0.556. The lowest BCUT2D eigenvalue weighted by Crippen LogP contribution is -2.50. The Morgan fingerprint density at radius 1 is 1.40 bits per heavy atom. The second kappa shape index (κ2) is 6.09. The molecule has 4 rings (SSSR count). The number of rotatable bonds is 4. The number of carbonyl (C=O) groups excluding carboxylic acids is 1. The van der Waals surface area contributed by atoms with Crippen molar-refractivity contribution in [3.63, 3.8) is 0 Å². The molecule has 0 bridgehead atoms. The van der Waals surface area contributed by atoms with E-state index >= 15 is 0 Å². The van der Waals surface area contributed by atoms with E-state index in [4.69, 9.17) is 14.2 Å². The lowest BCUT2D eigenvalue weighted by atomic mass is 9.75. The number of hydrogen-bond donors (Lipinski definition) is 1. The van der Waals surface area contributed by atoms with Crippen LogP contribution < -0.4 is 5.32 Å². The fourth-order valence-electron chi connectivity index (χ4n) is 3.74. The second-order valence-corrected chi connectivity index (χ2v) is 7.33. The SMILES string of the molecule is CC(C)(CNC(=O)c1ncc2ccccn12)C1COCC12OCCO2. The van der Waals surface area contributed by atoms with Crippen molar-refractivity contribution in [2.45, 2.75) is 19.6 Å². The van der Waals surface area contributed by atoms with Crippen LogP contribution in [0.25, 0.3) is 5.52 Å². The molecule has 0 aliphatic carbocycles. The van der Waals surface area contributed by atoms with Gasteiger partial charge < -0.3 is 19.5 Å². The molecule has 2 fully saturated rings. The summed E-state index contributed by atoms with van der Waals surface area (Å²) in [6.07, 6.45) is 3.53. The first-order valence-electron chi connectivity index (χ1n) is 8.58. The van der Waals surface area contributed by atoms with Gasteiger partial charge in [0.15, 0.2) is 5.79 Å². The first-order valence-corrected chi connectivity index (χ1v) is 8.58. The third-order valence-corrected chi connectivity index (χ3v) is 5.18. The van der Waals surface area contributed by atoms with E-state index in [0.29, 0.717) is 38.8 Å². The average molecular weight is 345 g/mol. The van der Waals surface area contributed by atoms with Gasteiger partial charge in [-0.05, 0) is 17.5 Å². The highest BCUT2D eigenvalue weighted by atomic mass is 16.8. The smallest absolute Gasteiger partial charge is 0.287 e. The van der Waals surface area contributed by atoms with Crippen LogP contribution in [0.1, 0.15) is 24.5 Å². The molecule has 1 atom stereocenters. The van der Waals surface area contributed by atoms with E-state index < -0.39 is 5.79 Å². The van der Waals surface area contributed by atoms with Crippen molar-refractivity contribution in [3.8, 4) is 0 Å². The van der Waals surface area contributed by atoms with Crippen LogP contribution in [-0.4, -0.2) is 54.1 Å². The zero-order valence-electron chi connectivity index (χ0n) is 14.5. The molecule has 0 saturated carbocycles. The van der Waals surface area contributed by atoms with E-state index in [1.165, 1.54) is 0 Å². The zero-order chi connectivity index (χ0) is 17.5. The van der Waals surface area contributed by atoms with Gasteiger partial charge >= 0.3 is 0 Å². The van der Waals surface area contributed by atoms with Crippen LogP contribution in [0.15, 0.2) is 30.6 Å². The Hall–Kier alpha value is -1.96. The van der Waals surface area contributed by atoms with Crippen LogP contribution in [0.4, 0.5) is 0 Å². The lowest BCUT2D eigenvalue weighted by Gasteiger charge is -2.38. The molecule has 25 heavy (non-hydrogen) atoms. The largest absolute Gasteiger partial charge is 0.375 e. The number of hydrogen-bond acceptors (Lipinski definition) is 5. The van der Waals surface area contributed by atoms with Gasteiger partial charge in [0.25, 0.3) is 5.91 Å². The third kappa shape index (κ3) is 2.82. The van der Waals surface area contributed by atoms with Gasteiger partial charge in [-0.3, -0.25) is 9.20 Å². The van der Waals surface area contributed by atoms with E-state index in [1.54, 1.807) is 10.6 Å². The highest BCUT2D eigenvalue weighted by Gasteiger charge is 2.55. The normalized spacial score (nSPS) is 22.7. The highest BCUT2D eigenvalue weighted by molar-refractivity contribution is 5.91. The maximum Gasteiger partial charge on any atom is 0.287 e. The van der Waals surface area contributed by atoms with E-state index in [1.807, 2.05) is 24.4 Å². The Bertz CT molecular complexity index is 774. The topological polar surface area (TPSA) is 74.1 Å². The molecule has 2 saturated heterocycles. The van der Waals surface area contributed by atoms with Crippen LogP contribution >= 0.6 is 0 Å². The van der Waals surface area contributed by atoms with Gasteiger partial charge in [-0.2, -0.15) is 0 Å². The molecule has 7 heteroatoms. The lowest BCUT2D eigenvalue weighted by molar-refractivity contribution is -0.197. The number of pyridine rings is 1. The number of imidazole rings is 1. The fourth-order valence-corrected chi connectivity index (χ4v) is 3.74. The summed E-state index contributed by atoms with van der Waals surface area (Å²) in [5.74, 6) is -0.425. The van der Waals surface area contributed by atoms with Gasteiger partial charge in [-0.25, -0.2) is 4.98 Å². The standard InChI is InChI=1S/C18H23N3O4/c1-17(2,14-10-23-12-18(14)24-7-8-25-18)11-20-16(22)15-19-9-13-5-3-4-6-21(13)15/h3-6,9,14H,7-8,10-12H2,1-2H3,(H,20,22). The van der Waals surface area contributed by atoms with E-state index in [0.717, 1.165) is 5.52 Å². The number of carbonyl (C=O) groups is 1. The van der Waals surface area contributed by atoms with Crippen LogP contribution in [0.3, 0.4) is 0 Å². The summed E-state index contributed by atoms with van der Waals surface area (Å²) >= 11 is 0. The minimum Gasteiger partial charge on any atom is -0.375 e. The Labute approximate surface area is 146 Å². The maximum atomic E-state index is 12.6. The molecular weight excluding hydrogens is 322 g/mol. The number of nitrogens with one attached hydrogen (secondary N) is 1. The number of fused-ring (bicyclic) bond motifs is 1. The molecule has 0 aromatic carbocycles. The quantitative estimate of drug-likeness (QED) is 0.909. The Morgan fingerprint density at radius 2 is 2.20 bits per heavy atom. The average Bonchev–Trinajstić information content (AvgIpc) is 3.33. The van der Waals surface area contributed by atoms with Crippen molar-refractivity contribution in [1.29, 1.82) is 0 Å². The van der Waals surface area contributed by atoms with E-state index in [-0.39, 0.29) is 17.2 Å². The van der Waals surface area contributed by atoms with Gasteiger partial charge in [0, 0.05) is 18.7 Å². The number of aromatic nitrogens is 2. The first-order chi connectivity index (χ1) is 12.0. The predicted octanol–water partition coefficient (Wildman–Crippen LogP) is 1.48. The molecule has 1 spiro atoms. The van der Waals surface area contributed by atoms with Gasteiger partial charge in [-0.1, -0.05) is 19.9 Å². The number of ether oxygens (including phenoxy) is 3. The molecule has 1 unspecified atom stereocenters. The van der Waals surface area contributed by atoms with Gasteiger partial charge in [-0.15, -0.1) is 0 Å². The van der Waals surface area contributed by atoms with Crippen LogP contribution in [0.2, 0.25) is 0 Å². The molecule has 1 amide bonds. The molecular formula is C18H23N3O4. The number of nitrogens with zero attached hydrogens (tertiary/aromatic N) is 2. The minimum absolute atomic E-state index is 0.0554. The summed E-state index contributed by atoms with van der Waals surface area (Å²) in [5, 5.41) is 3.01. The molecule has 0 radical (unpaired) electrons. The first kappa shape index (κ1) is 16.5. The molecule has 2 aliphatic heterocycles. The molecule has 134 valence electrons. The number of amides is 1. The van der Waals surface area contributed by atoms with Crippen molar-refractivity contribution in [3.05, 3.63) is 36.4 Å². The highest BCUT2D eigenvalue weighted by Crippen LogP contribution is 2.44. The van der Waals surface area contributed by atoms with Crippen molar-refractivity contribution in [2.24, 2.45) is 11.3 Å². The van der Waals surface area contributed by atoms with E-state index in [9.17, 15) is 4.79 Å². The minimum atomic E-state index is -0.672. The summed E-state index contributed by atoms with van der Waals surface area (Å²) in [5.41, 5.74) is 0.645. The summed E-state index contributed by atoms with van der Waals surface area (Å²) in [6, 6.07) is 5.72. The zero-order valence-corrected chi connectivity index (χ0v) is 14.5. The van der Waals surface area contributed by atoms with Crippen molar-refractivity contribution < 1.29 is 19.0 Å². The van der Waals surface area contributed by atoms with Crippen molar-refractivity contribution in [2.75, 3.05) is 33.0 Å². The molecule has 2 aromatic heterocycles. The van der Waals surface area contributed by atoms with Gasteiger partial charge in [0.05, 0.1) is 31.5 Å². The van der Waals surface area contributed by atoms with Crippen LogP contribution in [0.5, 0.6) is 0 Å². The predicted molar refractivity (Wildman–Crippen MR) is 90.3 cm³/mol. The van der Waals surface area contributed by atoms with Gasteiger partial charge in [0.1, 0.15) is 6.61 Å². The Balaban J connectivity index is 1.47. The summed E-state index contributed by atoms with van der Waals surface area (Å²) < 4.78 is 19.1.